The molecule has 88 valence electrons. The molecule has 2 rings (SSSR count). The number of nitrogens with one attached hydrogen (secondary N) is 2. The molecule has 2 N–H and O–H groups in total. The molecule has 0 saturated heterocycles. The first kappa shape index (κ1) is 11.6. The minimum absolute atomic E-state index is 0.188. The molecule has 0 fully saturated rings. The van der Waals surface area contributed by atoms with Crippen molar-refractivity contribution in [3.63, 3.8) is 0 Å². The summed E-state index contributed by atoms with van der Waals surface area (Å²) in [6.45, 7) is 2.19. The van der Waals surface area contributed by atoms with E-state index in [0.29, 0.717) is 23.0 Å². The number of halogens is 1. The maximum Gasteiger partial charge on any atom is 0.251 e. The molecule has 0 atom stereocenters. The van der Waals surface area contributed by atoms with E-state index in [2.05, 4.69) is 20.5 Å². The lowest BCUT2D eigenvalue weighted by atomic mass is 10.2. The number of aromatic amines is 1. The Labute approximate surface area is 103 Å². The fraction of sp³-hybridized carbons (Fsp3) is 0.182. The van der Waals surface area contributed by atoms with E-state index in [1.54, 1.807) is 25.3 Å². The van der Waals surface area contributed by atoms with E-state index in [1.165, 1.54) is 6.07 Å². The first-order valence-electron chi connectivity index (χ1n) is 5.06. The third-order valence-electron chi connectivity index (χ3n) is 2.18. The number of hydrogen-bond acceptors (Lipinski definition) is 3. The second-order valence-electron chi connectivity index (χ2n) is 3.58. The fourth-order valence-electron chi connectivity index (χ4n) is 1.42. The zero-order valence-electron chi connectivity index (χ0n) is 9.20. The number of aryl methyl sites for hydroxylation is 1. The zero-order chi connectivity index (χ0) is 12.3. The van der Waals surface area contributed by atoms with Crippen LogP contribution in [-0.2, 0) is 6.54 Å². The van der Waals surface area contributed by atoms with Crippen LogP contribution < -0.4 is 5.32 Å². The lowest BCUT2D eigenvalue weighted by molar-refractivity contribution is 0.0950. The largest absolute Gasteiger partial charge is 0.346 e. The summed E-state index contributed by atoms with van der Waals surface area (Å²) >= 11 is 5.79. The lowest BCUT2D eigenvalue weighted by Crippen LogP contribution is -2.23. The van der Waals surface area contributed by atoms with Crippen LogP contribution in [0.1, 0.15) is 21.7 Å². The molecule has 0 bridgehead atoms. The second-order valence-corrected chi connectivity index (χ2v) is 3.97. The summed E-state index contributed by atoms with van der Waals surface area (Å²) in [5, 5.41) is 9.63. The average Bonchev–Trinajstić information content (AvgIpc) is 2.77. The molecule has 0 aliphatic rings. The number of carbonyl (C=O) groups excluding carboxylic acids is 1. The molecule has 0 aliphatic carbocycles. The molecule has 2 heterocycles. The minimum Gasteiger partial charge on any atom is -0.346 e. The van der Waals surface area contributed by atoms with E-state index < -0.39 is 0 Å². The Morgan fingerprint density at radius 3 is 3.00 bits per heavy atom. The van der Waals surface area contributed by atoms with Gasteiger partial charge in [-0.2, -0.15) is 5.10 Å². The summed E-state index contributed by atoms with van der Waals surface area (Å²) in [6, 6.07) is 5.02. The van der Waals surface area contributed by atoms with Gasteiger partial charge in [-0.3, -0.25) is 9.89 Å². The Morgan fingerprint density at radius 2 is 2.35 bits per heavy atom. The van der Waals surface area contributed by atoms with Crippen LogP contribution in [0.4, 0.5) is 0 Å². The number of hydrogen-bond donors (Lipinski definition) is 2. The predicted molar refractivity (Wildman–Crippen MR) is 63.7 cm³/mol. The Morgan fingerprint density at radius 1 is 1.53 bits per heavy atom. The van der Waals surface area contributed by atoms with Crippen molar-refractivity contribution >= 4 is 17.5 Å². The van der Waals surface area contributed by atoms with Gasteiger partial charge >= 0.3 is 0 Å². The summed E-state index contributed by atoms with van der Waals surface area (Å²) in [5.74, 6) is -0.188. The molecule has 0 unspecified atom stereocenters. The molecule has 0 aromatic carbocycles. The Kier molecular flexibility index (Phi) is 3.39. The van der Waals surface area contributed by atoms with Crippen LogP contribution in [0.3, 0.4) is 0 Å². The van der Waals surface area contributed by atoms with Crippen molar-refractivity contribution in [3.8, 4) is 0 Å². The first-order chi connectivity index (χ1) is 8.15. The molecule has 0 spiro atoms. The third kappa shape index (κ3) is 3.04. The summed E-state index contributed by atoms with van der Waals surface area (Å²) in [4.78, 5) is 15.8. The van der Waals surface area contributed by atoms with Gasteiger partial charge in [0.2, 0.25) is 0 Å². The molecule has 0 aliphatic heterocycles. The smallest absolute Gasteiger partial charge is 0.251 e. The minimum atomic E-state index is -0.188. The zero-order valence-corrected chi connectivity index (χ0v) is 9.95. The number of pyridine rings is 1. The summed E-state index contributed by atoms with van der Waals surface area (Å²) < 4.78 is 0. The van der Waals surface area contributed by atoms with Crippen LogP contribution >= 0.6 is 11.6 Å². The van der Waals surface area contributed by atoms with Crippen molar-refractivity contribution in [3.05, 3.63) is 46.5 Å². The number of amides is 1. The molecule has 2 aromatic heterocycles. The van der Waals surface area contributed by atoms with Crippen molar-refractivity contribution in [1.82, 2.24) is 20.5 Å². The van der Waals surface area contributed by atoms with Gasteiger partial charge in [0.15, 0.2) is 0 Å². The Bertz CT molecular complexity index is 504. The molecule has 0 radical (unpaired) electrons. The molecule has 2 aromatic rings. The van der Waals surface area contributed by atoms with Crippen LogP contribution in [-0.4, -0.2) is 21.1 Å². The van der Waals surface area contributed by atoms with Gasteiger partial charge in [-0.1, -0.05) is 11.6 Å². The maximum atomic E-state index is 11.8. The van der Waals surface area contributed by atoms with E-state index in [9.17, 15) is 4.79 Å². The molecule has 1 amide bonds. The highest BCUT2D eigenvalue weighted by molar-refractivity contribution is 6.29. The van der Waals surface area contributed by atoms with Crippen molar-refractivity contribution < 1.29 is 4.79 Å². The third-order valence-corrected chi connectivity index (χ3v) is 2.38. The molecule has 17 heavy (non-hydrogen) atoms. The van der Waals surface area contributed by atoms with Gasteiger partial charge in [-0.25, -0.2) is 4.98 Å². The first-order valence-corrected chi connectivity index (χ1v) is 5.43. The highest BCUT2D eigenvalue weighted by Gasteiger charge is 2.07. The van der Waals surface area contributed by atoms with Crippen LogP contribution in [0, 0.1) is 6.92 Å². The standard InChI is InChI=1S/C11H11ClN4O/c1-7-4-8(5-10(12)15-7)11(17)13-6-9-2-3-14-16-9/h2-5H,6H2,1H3,(H,13,17)(H,14,16). The average molecular weight is 251 g/mol. The summed E-state index contributed by atoms with van der Waals surface area (Å²) in [7, 11) is 0. The van der Waals surface area contributed by atoms with Crippen molar-refractivity contribution in [1.29, 1.82) is 0 Å². The normalized spacial score (nSPS) is 10.2. The van der Waals surface area contributed by atoms with Crippen LogP contribution in [0.25, 0.3) is 0 Å². The Hall–Kier alpha value is -1.88. The van der Waals surface area contributed by atoms with E-state index in [4.69, 9.17) is 11.6 Å². The van der Waals surface area contributed by atoms with Crippen LogP contribution in [0.5, 0.6) is 0 Å². The quantitative estimate of drug-likeness (QED) is 0.815. The number of aromatic nitrogens is 3. The molecular weight excluding hydrogens is 240 g/mol. The lowest BCUT2D eigenvalue weighted by Gasteiger charge is -2.04. The monoisotopic (exact) mass is 250 g/mol. The van der Waals surface area contributed by atoms with Gasteiger partial charge in [-0.15, -0.1) is 0 Å². The Balaban J connectivity index is 2.04. The topological polar surface area (TPSA) is 70.7 Å². The molecule has 5 nitrogen and oxygen atoms in total. The molecule has 0 saturated carbocycles. The van der Waals surface area contributed by atoms with Gasteiger partial charge in [0.1, 0.15) is 5.15 Å². The number of H-pyrrole nitrogens is 1. The molecule has 6 heteroatoms. The number of nitrogens with zero attached hydrogens (tertiary/aromatic N) is 2. The van der Waals surface area contributed by atoms with Crippen molar-refractivity contribution in [2.75, 3.05) is 0 Å². The van der Waals surface area contributed by atoms with Gasteiger partial charge in [-0.05, 0) is 25.1 Å². The van der Waals surface area contributed by atoms with E-state index in [1.807, 2.05) is 0 Å². The fourth-order valence-corrected chi connectivity index (χ4v) is 1.67. The van der Waals surface area contributed by atoms with Gasteiger partial charge in [0.05, 0.1) is 12.2 Å². The van der Waals surface area contributed by atoms with E-state index >= 15 is 0 Å². The van der Waals surface area contributed by atoms with E-state index in [-0.39, 0.29) is 5.91 Å². The van der Waals surface area contributed by atoms with Crippen molar-refractivity contribution in [2.45, 2.75) is 13.5 Å². The van der Waals surface area contributed by atoms with Crippen molar-refractivity contribution in [2.24, 2.45) is 0 Å². The molecular formula is C11H11ClN4O. The van der Waals surface area contributed by atoms with Gasteiger partial charge in [0, 0.05) is 17.5 Å². The maximum absolute atomic E-state index is 11.8. The second kappa shape index (κ2) is 4.97. The van der Waals surface area contributed by atoms with E-state index in [0.717, 1.165) is 5.69 Å². The van der Waals surface area contributed by atoms with Crippen LogP contribution in [0.15, 0.2) is 24.4 Å². The highest BCUT2D eigenvalue weighted by Crippen LogP contribution is 2.10. The number of carbonyl (C=O) groups is 1. The summed E-state index contributed by atoms with van der Waals surface area (Å²) in [6.07, 6.45) is 1.63. The van der Waals surface area contributed by atoms with Crippen LogP contribution in [0.2, 0.25) is 5.15 Å². The number of rotatable bonds is 3. The van der Waals surface area contributed by atoms with Gasteiger partial charge in [0.25, 0.3) is 5.91 Å². The predicted octanol–water partition coefficient (Wildman–Crippen LogP) is 1.70. The highest BCUT2D eigenvalue weighted by atomic mass is 35.5. The van der Waals surface area contributed by atoms with Gasteiger partial charge < -0.3 is 5.32 Å². The SMILES string of the molecule is Cc1cc(C(=O)NCc2ccn[nH]2)cc(Cl)n1. The summed E-state index contributed by atoms with van der Waals surface area (Å²) in [5.41, 5.74) is 2.06.